The number of thioether (sulfide) groups is 1. The topological polar surface area (TPSA) is 75.3 Å². The standard InChI is InChI=1S/C15H13F3N2O3S2/c1-19-25(22,23)11-6-7-13(16)12(8-11)14(21)20-9-2-4-10(5-3-9)24-15(17)18/h2-8,15,19H,1H3,(H,20,21). The molecule has 2 rings (SSSR count). The molecule has 25 heavy (non-hydrogen) atoms. The largest absolute Gasteiger partial charge is 0.322 e. The van der Waals surface area contributed by atoms with E-state index in [1.165, 1.54) is 31.3 Å². The number of alkyl halides is 2. The van der Waals surface area contributed by atoms with Crippen molar-refractivity contribution in [2.75, 3.05) is 12.4 Å². The lowest BCUT2D eigenvalue weighted by Gasteiger charge is -2.09. The van der Waals surface area contributed by atoms with E-state index in [9.17, 15) is 26.4 Å². The monoisotopic (exact) mass is 390 g/mol. The Hall–Kier alpha value is -2.04. The van der Waals surface area contributed by atoms with Crippen LogP contribution in [0.2, 0.25) is 0 Å². The van der Waals surface area contributed by atoms with E-state index < -0.39 is 33.1 Å². The van der Waals surface area contributed by atoms with Gasteiger partial charge in [0.25, 0.3) is 11.7 Å². The van der Waals surface area contributed by atoms with Crippen LogP contribution in [-0.4, -0.2) is 27.1 Å². The van der Waals surface area contributed by atoms with E-state index >= 15 is 0 Å². The van der Waals surface area contributed by atoms with E-state index in [2.05, 4.69) is 10.0 Å². The van der Waals surface area contributed by atoms with Crippen molar-refractivity contribution in [1.29, 1.82) is 0 Å². The maximum atomic E-state index is 13.9. The number of carbonyl (C=O) groups excluding carboxylic acids is 1. The molecule has 0 aliphatic rings. The normalized spacial score (nSPS) is 11.6. The van der Waals surface area contributed by atoms with Gasteiger partial charge in [0.05, 0.1) is 10.5 Å². The van der Waals surface area contributed by atoms with Crippen LogP contribution in [0.25, 0.3) is 0 Å². The molecule has 0 fully saturated rings. The van der Waals surface area contributed by atoms with Gasteiger partial charge in [0, 0.05) is 10.6 Å². The van der Waals surface area contributed by atoms with Crippen LogP contribution in [0.5, 0.6) is 0 Å². The zero-order valence-corrected chi connectivity index (χ0v) is 14.4. The summed E-state index contributed by atoms with van der Waals surface area (Å²) in [6.45, 7) is 0. The average Bonchev–Trinajstić information content (AvgIpc) is 2.56. The molecule has 0 aromatic heterocycles. The van der Waals surface area contributed by atoms with Gasteiger partial charge in [-0.05, 0) is 49.5 Å². The summed E-state index contributed by atoms with van der Waals surface area (Å²) in [5.74, 6) is -4.32. The first-order valence-corrected chi connectivity index (χ1v) is 9.18. The van der Waals surface area contributed by atoms with Crippen molar-refractivity contribution in [2.24, 2.45) is 0 Å². The van der Waals surface area contributed by atoms with Crippen molar-refractivity contribution in [2.45, 2.75) is 15.5 Å². The summed E-state index contributed by atoms with van der Waals surface area (Å²) in [4.78, 5) is 12.2. The van der Waals surface area contributed by atoms with Crippen molar-refractivity contribution in [3.8, 4) is 0 Å². The highest BCUT2D eigenvalue weighted by Gasteiger charge is 2.18. The van der Waals surface area contributed by atoms with E-state index in [1.54, 1.807) is 0 Å². The minimum Gasteiger partial charge on any atom is -0.322 e. The second kappa shape index (κ2) is 7.89. The molecule has 10 heteroatoms. The van der Waals surface area contributed by atoms with Gasteiger partial charge in [-0.1, -0.05) is 11.8 Å². The van der Waals surface area contributed by atoms with Gasteiger partial charge in [-0.2, -0.15) is 8.78 Å². The van der Waals surface area contributed by atoms with Crippen LogP contribution in [-0.2, 0) is 10.0 Å². The quantitative estimate of drug-likeness (QED) is 0.742. The summed E-state index contributed by atoms with van der Waals surface area (Å²) >= 11 is 0.352. The van der Waals surface area contributed by atoms with Gasteiger partial charge in [-0.3, -0.25) is 4.79 Å². The summed E-state index contributed by atoms with van der Waals surface area (Å²) in [5.41, 5.74) is -0.202. The molecule has 2 aromatic rings. The Bertz CT molecular complexity index is 872. The van der Waals surface area contributed by atoms with E-state index in [0.29, 0.717) is 16.7 Å². The van der Waals surface area contributed by atoms with E-state index in [1.807, 2.05) is 0 Å². The SMILES string of the molecule is CNS(=O)(=O)c1ccc(F)c(C(=O)Nc2ccc(SC(F)F)cc2)c1. The summed E-state index contributed by atoms with van der Waals surface area (Å²) < 4.78 is 63.9. The summed E-state index contributed by atoms with van der Waals surface area (Å²) in [7, 11) is -2.64. The third kappa shape index (κ3) is 4.97. The molecule has 0 heterocycles. The molecular formula is C15H13F3N2O3S2. The number of sulfonamides is 1. The molecule has 5 nitrogen and oxygen atoms in total. The van der Waals surface area contributed by atoms with Crippen LogP contribution < -0.4 is 10.0 Å². The molecule has 0 atom stereocenters. The highest BCUT2D eigenvalue weighted by molar-refractivity contribution is 7.99. The lowest BCUT2D eigenvalue weighted by molar-refractivity contribution is 0.102. The first-order valence-electron chi connectivity index (χ1n) is 6.82. The Labute approximate surface area is 146 Å². The van der Waals surface area contributed by atoms with E-state index in [0.717, 1.165) is 18.2 Å². The predicted octanol–water partition coefficient (Wildman–Crippen LogP) is 3.30. The van der Waals surface area contributed by atoms with Crippen molar-refractivity contribution >= 4 is 33.4 Å². The van der Waals surface area contributed by atoms with Gasteiger partial charge in [0.15, 0.2) is 0 Å². The zero-order valence-electron chi connectivity index (χ0n) is 12.8. The summed E-state index contributed by atoms with van der Waals surface area (Å²) in [6, 6.07) is 8.35. The van der Waals surface area contributed by atoms with Crippen LogP contribution in [0.4, 0.5) is 18.9 Å². The Morgan fingerprint density at radius 2 is 1.76 bits per heavy atom. The highest BCUT2D eigenvalue weighted by Crippen LogP contribution is 2.26. The van der Waals surface area contributed by atoms with Crippen molar-refractivity contribution in [3.05, 3.63) is 53.8 Å². The van der Waals surface area contributed by atoms with Gasteiger partial charge in [-0.15, -0.1) is 0 Å². The number of halogens is 3. The number of nitrogens with one attached hydrogen (secondary N) is 2. The van der Waals surface area contributed by atoms with Gasteiger partial charge >= 0.3 is 0 Å². The lowest BCUT2D eigenvalue weighted by atomic mass is 10.2. The summed E-state index contributed by atoms with van der Waals surface area (Å²) in [6.07, 6.45) is 0. The van der Waals surface area contributed by atoms with Gasteiger partial charge < -0.3 is 5.32 Å². The number of anilines is 1. The van der Waals surface area contributed by atoms with E-state index in [4.69, 9.17) is 0 Å². The molecular weight excluding hydrogens is 377 g/mol. The number of carbonyl (C=O) groups is 1. The van der Waals surface area contributed by atoms with E-state index in [-0.39, 0.29) is 10.6 Å². The molecule has 0 aliphatic carbocycles. The fraction of sp³-hybridized carbons (Fsp3) is 0.133. The Kier molecular flexibility index (Phi) is 6.09. The fourth-order valence-electron chi connectivity index (χ4n) is 1.88. The number of benzene rings is 2. The third-order valence-electron chi connectivity index (χ3n) is 3.10. The van der Waals surface area contributed by atoms with Crippen molar-refractivity contribution < 1.29 is 26.4 Å². The summed E-state index contributed by atoms with van der Waals surface area (Å²) in [5, 5.41) is 2.39. The maximum absolute atomic E-state index is 13.9. The number of rotatable bonds is 6. The zero-order chi connectivity index (χ0) is 18.6. The lowest BCUT2D eigenvalue weighted by Crippen LogP contribution is -2.20. The van der Waals surface area contributed by atoms with Crippen LogP contribution in [0, 0.1) is 5.82 Å². The van der Waals surface area contributed by atoms with Crippen LogP contribution >= 0.6 is 11.8 Å². The average molecular weight is 390 g/mol. The molecule has 0 saturated heterocycles. The molecule has 0 aliphatic heterocycles. The first kappa shape index (κ1) is 19.3. The molecule has 0 unspecified atom stereocenters. The van der Waals surface area contributed by atoms with Gasteiger partial charge in [-0.25, -0.2) is 17.5 Å². The Morgan fingerprint density at radius 3 is 2.32 bits per heavy atom. The molecule has 0 bridgehead atoms. The highest BCUT2D eigenvalue weighted by atomic mass is 32.2. The molecule has 134 valence electrons. The van der Waals surface area contributed by atoms with Crippen LogP contribution in [0.3, 0.4) is 0 Å². The number of hydrogen-bond donors (Lipinski definition) is 2. The molecule has 0 radical (unpaired) electrons. The fourth-order valence-corrected chi connectivity index (χ4v) is 3.14. The Balaban J connectivity index is 2.22. The second-order valence-corrected chi connectivity index (χ2v) is 7.66. The molecule has 0 saturated carbocycles. The van der Waals surface area contributed by atoms with Crippen molar-refractivity contribution in [1.82, 2.24) is 4.72 Å². The second-order valence-electron chi connectivity index (χ2n) is 4.71. The number of hydrogen-bond acceptors (Lipinski definition) is 4. The minimum absolute atomic E-state index is 0.255. The van der Waals surface area contributed by atoms with Gasteiger partial charge in [0.1, 0.15) is 5.82 Å². The third-order valence-corrected chi connectivity index (χ3v) is 5.23. The Morgan fingerprint density at radius 1 is 1.12 bits per heavy atom. The molecule has 1 amide bonds. The molecule has 0 spiro atoms. The van der Waals surface area contributed by atoms with Crippen LogP contribution in [0.1, 0.15) is 10.4 Å². The smallest absolute Gasteiger partial charge is 0.288 e. The van der Waals surface area contributed by atoms with Gasteiger partial charge in [0.2, 0.25) is 10.0 Å². The minimum atomic E-state index is -3.83. The maximum Gasteiger partial charge on any atom is 0.288 e. The first-order chi connectivity index (χ1) is 11.7. The van der Waals surface area contributed by atoms with Crippen LogP contribution in [0.15, 0.2) is 52.3 Å². The predicted molar refractivity (Wildman–Crippen MR) is 88.9 cm³/mol. The molecule has 2 N–H and O–H groups in total. The number of amides is 1. The van der Waals surface area contributed by atoms with Crippen molar-refractivity contribution in [3.63, 3.8) is 0 Å². The molecule has 2 aromatic carbocycles.